The van der Waals surface area contributed by atoms with Gasteiger partial charge in [-0.05, 0) is 31.4 Å². The SMILES string of the molecule is NCC(c1ccc(Cl)s1)N1CCC2(O)CCCCC2C1. The lowest BCUT2D eigenvalue weighted by Gasteiger charge is -2.49. The average molecular weight is 315 g/mol. The molecule has 0 bridgehead atoms. The molecule has 1 saturated heterocycles. The van der Waals surface area contributed by atoms with Gasteiger partial charge in [0.15, 0.2) is 0 Å². The molecule has 2 heterocycles. The maximum atomic E-state index is 10.8. The van der Waals surface area contributed by atoms with Gasteiger partial charge in [0.05, 0.1) is 16.0 Å². The third-order valence-corrected chi connectivity index (χ3v) is 6.38. The second kappa shape index (κ2) is 5.93. The van der Waals surface area contributed by atoms with Crippen molar-refractivity contribution in [1.82, 2.24) is 4.90 Å². The number of halogens is 1. The summed E-state index contributed by atoms with van der Waals surface area (Å²) in [6.45, 7) is 2.51. The molecule has 20 heavy (non-hydrogen) atoms. The van der Waals surface area contributed by atoms with Crippen molar-refractivity contribution >= 4 is 22.9 Å². The maximum absolute atomic E-state index is 10.8. The molecule has 0 aromatic carbocycles. The maximum Gasteiger partial charge on any atom is 0.0931 e. The van der Waals surface area contributed by atoms with Gasteiger partial charge in [0.2, 0.25) is 0 Å². The molecule has 0 radical (unpaired) electrons. The Bertz CT molecular complexity index is 466. The Morgan fingerprint density at radius 3 is 3.00 bits per heavy atom. The zero-order valence-corrected chi connectivity index (χ0v) is 13.3. The van der Waals surface area contributed by atoms with Crippen LogP contribution in [0.25, 0.3) is 0 Å². The van der Waals surface area contributed by atoms with E-state index in [-0.39, 0.29) is 6.04 Å². The molecule has 2 fully saturated rings. The summed E-state index contributed by atoms with van der Waals surface area (Å²) in [6, 6.07) is 4.29. The van der Waals surface area contributed by atoms with Gasteiger partial charge in [-0.1, -0.05) is 24.4 Å². The summed E-state index contributed by atoms with van der Waals surface area (Å²) in [5, 5.41) is 10.8. The molecular formula is C15H23ClN2OS. The van der Waals surface area contributed by atoms with Crippen LogP contribution in [0.4, 0.5) is 0 Å². The lowest BCUT2D eigenvalue weighted by atomic mass is 9.71. The van der Waals surface area contributed by atoms with Crippen LogP contribution < -0.4 is 5.73 Å². The summed E-state index contributed by atoms with van der Waals surface area (Å²) < 4.78 is 0.824. The number of nitrogens with zero attached hydrogens (tertiary/aromatic N) is 1. The van der Waals surface area contributed by atoms with E-state index in [0.717, 1.165) is 36.7 Å². The number of piperidine rings is 1. The van der Waals surface area contributed by atoms with Gasteiger partial charge in [-0.2, -0.15) is 0 Å². The monoisotopic (exact) mass is 314 g/mol. The Morgan fingerprint density at radius 2 is 2.30 bits per heavy atom. The summed E-state index contributed by atoms with van der Waals surface area (Å²) in [6.07, 6.45) is 5.43. The fourth-order valence-corrected chi connectivity index (χ4v) is 5.04. The number of hydrogen-bond acceptors (Lipinski definition) is 4. The van der Waals surface area contributed by atoms with Crippen LogP contribution in [0.3, 0.4) is 0 Å². The highest BCUT2D eigenvalue weighted by Gasteiger charge is 2.44. The normalized spacial score (nSPS) is 32.9. The van der Waals surface area contributed by atoms with E-state index >= 15 is 0 Å². The van der Waals surface area contributed by atoms with Crippen LogP contribution in [0, 0.1) is 5.92 Å². The van der Waals surface area contributed by atoms with Gasteiger partial charge in [-0.15, -0.1) is 11.3 Å². The average Bonchev–Trinajstić information content (AvgIpc) is 2.86. The zero-order chi connectivity index (χ0) is 14.2. The van der Waals surface area contributed by atoms with Gasteiger partial charge >= 0.3 is 0 Å². The number of likely N-dealkylation sites (tertiary alicyclic amines) is 1. The van der Waals surface area contributed by atoms with E-state index in [0.29, 0.717) is 12.5 Å². The summed E-state index contributed by atoms with van der Waals surface area (Å²) in [5.74, 6) is 0.412. The van der Waals surface area contributed by atoms with Crippen LogP contribution in [0.1, 0.15) is 43.0 Å². The van der Waals surface area contributed by atoms with Gasteiger partial charge in [-0.3, -0.25) is 4.90 Å². The van der Waals surface area contributed by atoms with Gasteiger partial charge in [0.1, 0.15) is 0 Å². The molecule has 3 rings (SSSR count). The second-order valence-corrected chi connectivity index (χ2v) is 7.93. The molecule has 1 aromatic heterocycles. The van der Waals surface area contributed by atoms with Gasteiger partial charge in [0.25, 0.3) is 0 Å². The largest absolute Gasteiger partial charge is 0.390 e. The zero-order valence-electron chi connectivity index (χ0n) is 11.7. The standard InChI is InChI=1S/C15H23ClN2OS/c16-14-5-4-13(20-14)12(9-17)18-8-7-15(19)6-2-1-3-11(15)10-18/h4-5,11-12,19H,1-3,6-10,17H2. The molecule has 1 aromatic rings. The Labute approximate surface area is 129 Å². The summed E-state index contributed by atoms with van der Waals surface area (Å²) in [5.41, 5.74) is 5.59. The van der Waals surface area contributed by atoms with Crippen molar-refractivity contribution in [3.8, 4) is 0 Å². The van der Waals surface area contributed by atoms with E-state index in [2.05, 4.69) is 11.0 Å². The van der Waals surface area contributed by atoms with Crippen molar-refractivity contribution in [3.05, 3.63) is 21.3 Å². The number of thiophene rings is 1. The van der Waals surface area contributed by atoms with E-state index in [1.807, 2.05) is 6.07 Å². The smallest absolute Gasteiger partial charge is 0.0931 e. The van der Waals surface area contributed by atoms with E-state index in [9.17, 15) is 5.11 Å². The molecule has 0 spiro atoms. The first kappa shape index (κ1) is 14.8. The predicted octanol–water partition coefficient (Wildman–Crippen LogP) is 3.03. The Morgan fingerprint density at radius 1 is 1.45 bits per heavy atom. The fraction of sp³-hybridized carbons (Fsp3) is 0.733. The molecular weight excluding hydrogens is 292 g/mol. The first-order chi connectivity index (χ1) is 9.62. The van der Waals surface area contributed by atoms with Gasteiger partial charge in [0, 0.05) is 30.4 Å². The Hall–Kier alpha value is -0.130. The molecule has 3 nitrogen and oxygen atoms in total. The van der Waals surface area contributed by atoms with Crippen LogP contribution in [0.2, 0.25) is 4.34 Å². The second-order valence-electron chi connectivity index (χ2n) is 6.18. The molecule has 3 atom stereocenters. The highest BCUT2D eigenvalue weighted by atomic mass is 35.5. The molecule has 3 N–H and O–H groups in total. The summed E-state index contributed by atoms with van der Waals surface area (Å²) in [7, 11) is 0. The highest BCUT2D eigenvalue weighted by Crippen LogP contribution is 2.42. The third-order valence-electron chi connectivity index (χ3n) is 5.05. The van der Waals surface area contributed by atoms with Gasteiger partial charge in [-0.25, -0.2) is 0 Å². The van der Waals surface area contributed by atoms with E-state index in [1.165, 1.54) is 17.7 Å². The number of nitrogens with two attached hydrogens (primary N) is 1. The lowest BCUT2D eigenvalue weighted by Crippen LogP contribution is -2.54. The third kappa shape index (κ3) is 2.77. The number of rotatable bonds is 3. The summed E-state index contributed by atoms with van der Waals surface area (Å²) in [4.78, 5) is 3.70. The van der Waals surface area contributed by atoms with Crippen molar-refractivity contribution in [2.24, 2.45) is 11.7 Å². The van der Waals surface area contributed by atoms with Crippen molar-refractivity contribution < 1.29 is 5.11 Å². The molecule has 112 valence electrons. The van der Waals surface area contributed by atoms with E-state index in [4.69, 9.17) is 17.3 Å². The minimum absolute atomic E-state index is 0.249. The van der Waals surface area contributed by atoms with Crippen LogP contribution in [0.5, 0.6) is 0 Å². The van der Waals surface area contributed by atoms with E-state index < -0.39 is 5.60 Å². The fourth-order valence-electron chi connectivity index (χ4n) is 3.83. The lowest BCUT2D eigenvalue weighted by molar-refractivity contribution is -0.102. The quantitative estimate of drug-likeness (QED) is 0.901. The minimum atomic E-state index is -0.416. The molecule has 2 aliphatic rings. The number of aliphatic hydroxyl groups is 1. The molecule has 1 saturated carbocycles. The van der Waals surface area contributed by atoms with Crippen LogP contribution >= 0.6 is 22.9 Å². The molecule has 3 unspecified atom stereocenters. The van der Waals surface area contributed by atoms with Crippen molar-refractivity contribution in [2.45, 2.75) is 43.7 Å². The molecule has 0 amide bonds. The Kier molecular flexibility index (Phi) is 4.39. The number of fused-ring (bicyclic) bond motifs is 1. The predicted molar refractivity (Wildman–Crippen MR) is 84.2 cm³/mol. The number of hydrogen-bond donors (Lipinski definition) is 2. The van der Waals surface area contributed by atoms with Crippen molar-refractivity contribution in [3.63, 3.8) is 0 Å². The van der Waals surface area contributed by atoms with Crippen LogP contribution in [0.15, 0.2) is 12.1 Å². The van der Waals surface area contributed by atoms with E-state index in [1.54, 1.807) is 11.3 Å². The minimum Gasteiger partial charge on any atom is -0.390 e. The van der Waals surface area contributed by atoms with Crippen LogP contribution in [-0.4, -0.2) is 35.2 Å². The Balaban J connectivity index is 1.74. The van der Waals surface area contributed by atoms with Crippen LogP contribution in [-0.2, 0) is 0 Å². The molecule has 1 aliphatic carbocycles. The highest BCUT2D eigenvalue weighted by molar-refractivity contribution is 7.16. The first-order valence-electron chi connectivity index (χ1n) is 7.54. The van der Waals surface area contributed by atoms with Crippen molar-refractivity contribution in [1.29, 1.82) is 0 Å². The summed E-state index contributed by atoms with van der Waals surface area (Å²) >= 11 is 7.68. The topological polar surface area (TPSA) is 49.5 Å². The molecule has 1 aliphatic heterocycles. The first-order valence-corrected chi connectivity index (χ1v) is 8.73. The molecule has 5 heteroatoms. The van der Waals surface area contributed by atoms with Crippen molar-refractivity contribution in [2.75, 3.05) is 19.6 Å². The van der Waals surface area contributed by atoms with Gasteiger partial charge < -0.3 is 10.8 Å².